The normalized spacial score (nSPS) is 25.8. The van der Waals surface area contributed by atoms with Gasteiger partial charge in [0.1, 0.15) is 0 Å². The van der Waals surface area contributed by atoms with Crippen LogP contribution in [0.1, 0.15) is 37.7 Å². The summed E-state index contributed by atoms with van der Waals surface area (Å²) in [7, 11) is 0. The third-order valence-electron chi connectivity index (χ3n) is 4.54. The van der Waals surface area contributed by atoms with Crippen molar-refractivity contribution in [3.63, 3.8) is 0 Å². The molecule has 2 atom stereocenters. The molecule has 1 aromatic carbocycles. The van der Waals surface area contributed by atoms with Crippen LogP contribution in [-0.2, 0) is 4.79 Å². The fraction of sp³-hybridized carbons (Fsp3) is 0.562. The molecule has 0 saturated carbocycles. The number of hydrogen-bond acceptors (Lipinski definition) is 2. The van der Waals surface area contributed by atoms with Crippen molar-refractivity contribution < 1.29 is 4.79 Å². The molecule has 19 heavy (non-hydrogen) atoms. The van der Waals surface area contributed by atoms with E-state index in [4.69, 9.17) is 0 Å². The molecule has 0 aromatic heterocycles. The highest BCUT2D eigenvalue weighted by Gasteiger charge is 2.33. The lowest BCUT2D eigenvalue weighted by Crippen LogP contribution is -2.42. The van der Waals surface area contributed by atoms with Crippen molar-refractivity contribution in [3.8, 4) is 0 Å². The molecular formula is C16H22N2O. The van der Waals surface area contributed by atoms with Crippen molar-refractivity contribution in [2.24, 2.45) is 5.92 Å². The van der Waals surface area contributed by atoms with E-state index in [1.165, 1.54) is 18.4 Å². The zero-order valence-electron chi connectivity index (χ0n) is 11.6. The molecule has 3 heteroatoms. The average molecular weight is 258 g/mol. The van der Waals surface area contributed by atoms with Crippen LogP contribution in [0.4, 0.5) is 5.69 Å². The highest BCUT2D eigenvalue weighted by molar-refractivity contribution is 5.88. The predicted molar refractivity (Wildman–Crippen MR) is 77.3 cm³/mol. The number of hydrogen-bond donors (Lipinski definition) is 1. The van der Waals surface area contributed by atoms with Gasteiger partial charge in [-0.05, 0) is 30.4 Å². The second-order valence-corrected chi connectivity index (χ2v) is 5.72. The zero-order valence-corrected chi connectivity index (χ0v) is 11.6. The number of fused-ring (bicyclic) bond motifs is 1. The Hall–Kier alpha value is -1.51. The van der Waals surface area contributed by atoms with Crippen LogP contribution in [0.15, 0.2) is 24.3 Å². The number of benzene rings is 1. The van der Waals surface area contributed by atoms with Crippen molar-refractivity contribution in [1.82, 2.24) is 4.90 Å². The van der Waals surface area contributed by atoms with Gasteiger partial charge in [0.05, 0.1) is 5.92 Å². The quantitative estimate of drug-likeness (QED) is 0.884. The van der Waals surface area contributed by atoms with Crippen LogP contribution in [-0.4, -0.2) is 30.4 Å². The van der Waals surface area contributed by atoms with Gasteiger partial charge >= 0.3 is 0 Å². The van der Waals surface area contributed by atoms with Crippen molar-refractivity contribution in [2.45, 2.75) is 32.1 Å². The Labute approximate surface area is 115 Å². The molecule has 2 aliphatic rings. The Bertz CT molecular complexity index is 472. The van der Waals surface area contributed by atoms with Gasteiger partial charge in [0.25, 0.3) is 0 Å². The van der Waals surface area contributed by atoms with E-state index in [1.54, 1.807) is 0 Å². The maximum Gasteiger partial charge on any atom is 0.231 e. The van der Waals surface area contributed by atoms with Crippen LogP contribution >= 0.6 is 0 Å². The highest BCUT2D eigenvalue weighted by atomic mass is 16.2. The molecule has 2 heterocycles. The van der Waals surface area contributed by atoms with E-state index in [9.17, 15) is 4.79 Å². The first-order chi connectivity index (χ1) is 9.29. The SMILES string of the molecule is CCC1CCCN(C(=O)C2CNc3ccccc32)C1. The molecule has 0 bridgehead atoms. The van der Waals surface area contributed by atoms with Crippen molar-refractivity contribution in [2.75, 3.05) is 25.0 Å². The minimum absolute atomic E-state index is 0.0202. The molecule has 0 radical (unpaired) electrons. The monoisotopic (exact) mass is 258 g/mol. The first-order valence-corrected chi connectivity index (χ1v) is 7.41. The molecule has 2 unspecified atom stereocenters. The van der Waals surface area contributed by atoms with Crippen molar-refractivity contribution >= 4 is 11.6 Å². The summed E-state index contributed by atoms with van der Waals surface area (Å²) >= 11 is 0. The molecule has 1 fully saturated rings. The molecule has 1 N–H and O–H groups in total. The Morgan fingerprint density at radius 3 is 3.11 bits per heavy atom. The fourth-order valence-corrected chi connectivity index (χ4v) is 3.32. The Balaban J connectivity index is 1.75. The lowest BCUT2D eigenvalue weighted by Gasteiger charge is -2.34. The maximum absolute atomic E-state index is 12.7. The van der Waals surface area contributed by atoms with Crippen molar-refractivity contribution in [1.29, 1.82) is 0 Å². The number of carbonyl (C=O) groups excluding carboxylic acids is 1. The van der Waals surface area contributed by atoms with E-state index < -0.39 is 0 Å². The Morgan fingerprint density at radius 2 is 2.26 bits per heavy atom. The largest absolute Gasteiger partial charge is 0.384 e. The van der Waals surface area contributed by atoms with Gasteiger partial charge in [-0.1, -0.05) is 31.5 Å². The summed E-state index contributed by atoms with van der Waals surface area (Å²) in [4.78, 5) is 14.8. The van der Waals surface area contributed by atoms with Gasteiger partial charge in [-0.3, -0.25) is 4.79 Å². The third kappa shape index (κ3) is 2.34. The topological polar surface area (TPSA) is 32.3 Å². The molecule has 2 aliphatic heterocycles. The summed E-state index contributed by atoms with van der Waals surface area (Å²) in [6.45, 7) is 4.87. The van der Waals surface area contributed by atoms with E-state index in [-0.39, 0.29) is 5.92 Å². The third-order valence-corrected chi connectivity index (χ3v) is 4.54. The van der Waals surface area contributed by atoms with E-state index >= 15 is 0 Å². The van der Waals surface area contributed by atoms with Gasteiger partial charge in [0, 0.05) is 25.3 Å². The number of nitrogens with one attached hydrogen (secondary N) is 1. The van der Waals surface area contributed by atoms with Crippen LogP contribution < -0.4 is 5.32 Å². The molecule has 3 nitrogen and oxygen atoms in total. The van der Waals surface area contributed by atoms with E-state index in [2.05, 4.69) is 29.3 Å². The second-order valence-electron chi connectivity index (χ2n) is 5.72. The van der Waals surface area contributed by atoms with Gasteiger partial charge in [0.2, 0.25) is 5.91 Å². The number of amides is 1. The number of likely N-dealkylation sites (tertiary alicyclic amines) is 1. The number of anilines is 1. The second kappa shape index (κ2) is 5.24. The molecule has 102 valence electrons. The number of para-hydroxylation sites is 1. The summed E-state index contributed by atoms with van der Waals surface area (Å²) in [5.41, 5.74) is 2.30. The van der Waals surface area contributed by atoms with Gasteiger partial charge in [-0.25, -0.2) is 0 Å². The molecular weight excluding hydrogens is 236 g/mol. The lowest BCUT2D eigenvalue weighted by atomic mass is 9.93. The van der Waals surface area contributed by atoms with Crippen LogP contribution in [0.5, 0.6) is 0 Å². The lowest BCUT2D eigenvalue weighted by molar-refractivity contribution is -0.134. The van der Waals surface area contributed by atoms with E-state index in [0.29, 0.717) is 11.8 Å². The minimum atomic E-state index is 0.0202. The smallest absolute Gasteiger partial charge is 0.231 e. The number of carbonyl (C=O) groups is 1. The van der Waals surface area contributed by atoms with Crippen molar-refractivity contribution in [3.05, 3.63) is 29.8 Å². The van der Waals surface area contributed by atoms with Gasteiger partial charge in [-0.2, -0.15) is 0 Å². The molecule has 1 amide bonds. The van der Waals surface area contributed by atoms with E-state index in [0.717, 1.165) is 31.7 Å². The number of nitrogens with zero attached hydrogens (tertiary/aromatic N) is 1. The summed E-state index contributed by atoms with van der Waals surface area (Å²) in [5, 5.41) is 3.35. The van der Waals surface area contributed by atoms with E-state index in [1.807, 2.05) is 12.1 Å². The van der Waals surface area contributed by atoms with Gasteiger partial charge in [-0.15, -0.1) is 0 Å². The van der Waals surface area contributed by atoms with Gasteiger partial charge < -0.3 is 10.2 Å². The Morgan fingerprint density at radius 1 is 1.42 bits per heavy atom. The highest BCUT2D eigenvalue weighted by Crippen LogP contribution is 2.33. The predicted octanol–water partition coefficient (Wildman–Crippen LogP) is 2.84. The summed E-state index contributed by atoms with van der Waals surface area (Å²) in [6, 6.07) is 8.19. The number of rotatable bonds is 2. The maximum atomic E-state index is 12.7. The summed E-state index contributed by atoms with van der Waals surface area (Å²) in [6.07, 6.45) is 3.62. The fourth-order valence-electron chi connectivity index (χ4n) is 3.32. The van der Waals surface area contributed by atoms with Gasteiger partial charge in [0.15, 0.2) is 0 Å². The molecule has 0 spiro atoms. The first-order valence-electron chi connectivity index (χ1n) is 7.41. The minimum Gasteiger partial charge on any atom is -0.384 e. The first kappa shape index (κ1) is 12.5. The van der Waals surface area contributed by atoms with Crippen LogP contribution in [0.3, 0.4) is 0 Å². The standard InChI is InChI=1S/C16H22N2O/c1-2-12-6-5-9-18(11-12)16(19)14-10-17-15-8-4-3-7-13(14)15/h3-4,7-8,12,14,17H,2,5-6,9-11H2,1H3. The molecule has 1 aromatic rings. The van der Waals surface area contributed by atoms with Crippen LogP contribution in [0.25, 0.3) is 0 Å². The van der Waals surface area contributed by atoms with Crippen LogP contribution in [0, 0.1) is 5.92 Å². The summed E-state index contributed by atoms with van der Waals surface area (Å²) in [5.74, 6) is 1.03. The molecule has 1 saturated heterocycles. The average Bonchev–Trinajstić information content (AvgIpc) is 2.90. The summed E-state index contributed by atoms with van der Waals surface area (Å²) < 4.78 is 0. The molecule has 0 aliphatic carbocycles. The number of piperidine rings is 1. The van der Waals surface area contributed by atoms with Crippen LogP contribution in [0.2, 0.25) is 0 Å². The zero-order chi connectivity index (χ0) is 13.2. The Kier molecular flexibility index (Phi) is 3.45. The molecule has 3 rings (SSSR count).